The molecule has 5 heteroatoms. The Kier molecular flexibility index (Phi) is 6.16. The van der Waals surface area contributed by atoms with Gasteiger partial charge in [-0.2, -0.15) is 0 Å². The monoisotopic (exact) mass is 243 g/mol. The maximum Gasteiger partial charge on any atom is 0.235 e. The van der Waals surface area contributed by atoms with E-state index in [1.807, 2.05) is 34.6 Å². The minimum Gasteiger partial charge on any atom is -0.368 e. The molecule has 5 nitrogen and oxygen atoms in total. The van der Waals surface area contributed by atoms with Crippen molar-refractivity contribution in [3.8, 4) is 0 Å². The van der Waals surface area contributed by atoms with E-state index in [4.69, 9.17) is 5.73 Å². The molecule has 4 N–H and O–H groups in total. The number of carbonyl (C=O) groups is 2. The summed E-state index contributed by atoms with van der Waals surface area (Å²) < 4.78 is 0. The Morgan fingerprint density at radius 2 is 1.82 bits per heavy atom. The van der Waals surface area contributed by atoms with Crippen LogP contribution in [-0.4, -0.2) is 29.4 Å². The molecule has 0 saturated heterocycles. The van der Waals surface area contributed by atoms with Crippen LogP contribution in [0.2, 0.25) is 0 Å². The molecule has 0 saturated carbocycles. The summed E-state index contributed by atoms with van der Waals surface area (Å²) in [4.78, 5) is 22.9. The maximum absolute atomic E-state index is 11.7. The third-order valence-electron chi connectivity index (χ3n) is 2.35. The summed E-state index contributed by atoms with van der Waals surface area (Å²) in [6.07, 6.45) is 0.960. The highest BCUT2D eigenvalue weighted by Crippen LogP contribution is 2.02. The van der Waals surface area contributed by atoms with Gasteiger partial charge in [0.15, 0.2) is 0 Å². The number of amides is 2. The van der Waals surface area contributed by atoms with Crippen molar-refractivity contribution in [2.75, 3.05) is 0 Å². The van der Waals surface area contributed by atoms with E-state index in [-0.39, 0.29) is 23.9 Å². The molecule has 0 aromatic carbocycles. The Balaban J connectivity index is 4.35. The molecule has 0 aliphatic rings. The van der Waals surface area contributed by atoms with Crippen LogP contribution in [0.3, 0.4) is 0 Å². The fraction of sp³-hybridized carbons (Fsp3) is 0.833. The van der Waals surface area contributed by atoms with Gasteiger partial charge in [-0.3, -0.25) is 9.59 Å². The lowest BCUT2D eigenvalue weighted by molar-refractivity contribution is -0.127. The van der Waals surface area contributed by atoms with Gasteiger partial charge in [-0.05, 0) is 34.1 Å². The number of nitrogens with two attached hydrogens (primary N) is 1. The van der Waals surface area contributed by atoms with Gasteiger partial charge in [0.25, 0.3) is 0 Å². The smallest absolute Gasteiger partial charge is 0.235 e. The van der Waals surface area contributed by atoms with Crippen LogP contribution < -0.4 is 16.4 Å². The predicted molar refractivity (Wildman–Crippen MR) is 68.4 cm³/mol. The lowest BCUT2D eigenvalue weighted by Crippen LogP contribution is -2.50. The quantitative estimate of drug-likeness (QED) is 0.636. The first kappa shape index (κ1) is 15.9. The molecule has 0 aliphatic carbocycles. The second-order valence-corrected chi connectivity index (χ2v) is 5.43. The number of rotatable bonds is 6. The zero-order chi connectivity index (χ0) is 13.6. The Morgan fingerprint density at radius 1 is 1.29 bits per heavy atom. The highest BCUT2D eigenvalue weighted by molar-refractivity contribution is 5.87. The maximum atomic E-state index is 11.7. The molecule has 0 aromatic heterocycles. The summed E-state index contributed by atoms with van der Waals surface area (Å²) in [5, 5.41) is 5.86. The number of hydrogen-bond acceptors (Lipinski definition) is 3. The Bertz CT molecular complexity index is 271. The van der Waals surface area contributed by atoms with Crippen LogP contribution in [-0.2, 0) is 9.59 Å². The van der Waals surface area contributed by atoms with E-state index in [0.29, 0.717) is 0 Å². The van der Waals surface area contributed by atoms with Gasteiger partial charge in [0.1, 0.15) is 0 Å². The molecule has 2 unspecified atom stereocenters. The number of carbonyl (C=O) groups excluding carboxylic acids is 2. The molecule has 0 aromatic rings. The first-order valence-electron chi connectivity index (χ1n) is 6.02. The topological polar surface area (TPSA) is 84.2 Å². The van der Waals surface area contributed by atoms with Gasteiger partial charge in [-0.15, -0.1) is 0 Å². The van der Waals surface area contributed by atoms with Crippen molar-refractivity contribution in [2.45, 2.75) is 65.1 Å². The molecule has 0 radical (unpaired) electrons. The number of nitrogens with one attached hydrogen (secondary N) is 2. The molecule has 0 spiro atoms. The van der Waals surface area contributed by atoms with E-state index in [2.05, 4.69) is 10.6 Å². The number of hydrogen-bond donors (Lipinski definition) is 3. The second kappa shape index (κ2) is 6.59. The van der Waals surface area contributed by atoms with E-state index < -0.39 is 11.9 Å². The van der Waals surface area contributed by atoms with Crippen LogP contribution in [0, 0.1) is 0 Å². The standard InChI is InChI=1S/C12H25N3O2/c1-6-8(2)14-9(11(13)17)7-10(16)15-12(3,4)5/h8-9,14H,6-7H2,1-5H3,(H2,13,17)(H,15,16). The van der Waals surface area contributed by atoms with Crippen molar-refractivity contribution in [1.82, 2.24) is 10.6 Å². The zero-order valence-electron chi connectivity index (χ0n) is 11.5. The molecular formula is C12H25N3O2. The first-order chi connectivity index (χ1) is 7.65. The van der Waals surface area contributed by atoms with Crippen LogP contribution in [0.15, 0.2) is 0 Å². The lowest BCUT2D eigenvalue weighted by Gasteiger charge is -2.24. The summed E-state index contributed by atoms with van der Waals surface area (Å²) in [6, 6.07) is -0.442. The van der Waals surface area contributed by atoms with Crippen molar-refractivity contribution in [3.05, 3.63) is 0 Å². The van der Waals surface area contributed by atoms with Crippen LogP contribution in [0.5, 0.6) is 0 Å². The van der Waals surface area contributed by atoms with E-state index in [1.54, 1.807) is 0 Å². The Hall–Kier alpha value is -1.10. The predicted octanol–water partition coefficient (Wildman–Crippen LogP) is 0.533. The number of primary amides is 1. The summed E-state index contributed by atoms with van der Waals surface area (Å²) in [7, 11) is 0. The highest BCUT2D eigenvalue weighted by Gasteiger charge is 2.22. The summed E-state index contributed by atoms with van der Waals surface area (Å²) >= 11 is 0. The van der Waals surface area contributed by atoms with Gasteiger partial charge in [0.05, 0.1) is 12.5 Å². The molecule has 0 rings (SSSR count). The molecule has 2 atom stereocenters. The van der Waals surface area contributed by atoms with Gasteiger partial charge >= 0.3 is 0 Å². The Labute approximate surface area is 104 Å². The zero-order valence-corrected chi connectivity index (χ0v) is 11.5. The minimum atomic E-state index is -0.604. The van der Waals surface area contributed by atoms with Gasteiger partial charge in [-0.25, -0.2) is 0 Å². The molecule has 0 bridgehead atoms. The van der Waals surface area contributed by atoms with Crippen molar-refractivity contribution in [3.63, 3.8) is 0 Å². The highest BCUT2D eigenvalue weighted by atomic mass is 16.2. The summed E-state index contributed by atoms with van der Waals surface area (Å²) in [5.74, 6) is -0.661. The van der Waals surface area contributed by atoms with Crippen LogP contribution in [0.1, 0.15) is 47.5 Å². The van der Waals surface area contributed by atoms with Crippen molar-refractivity contribution in [2.24, 2.45) is 5.73 Å². The summed E-state index contributed by atoms with van der Waals surface area (Å²) in [6.45, 7) is 9.65. The third-order valence-corrected chi connectivity index (χ3v) is 2.35. The molecule has 0 aliphatic heterocycles. The van der Waals surface area contributed by atoms with E-state index in [1.165, 1.54) is 0 Å². The largest absolute Gasteiger partial charge is 0.368 e. The van der Waals surface area contributed by atoms with Gasteiger partial charge in [-0.1, -0.05) is 6.92 Å². The average molecular weight is 243 g/mol. The third kappa shape index (κ3) is 7.74. The Morgan fingerprint density at radius 3 is 2.18 bits per heavy atom. The van der Waals surface area contributed by atoms with Crippen molar-refractivity contribution in [1.29, 1.82) is 0 Å². The second-order valence-electron chi connectivity index (χ2n) is 5.43. The van der Waals surface area contributed by atoms with Crippen molar-refractivity contribution < 1.29 is 9.59 Å². The molecule has 2 amide bonds. The van der Waals surface area contributed by atoms with E-state index in [9.17, 15) is 9.59 Å². The van der Waals surface area contributed by atoms with Gasteiger partial charge in [0, 0.05) is 11.6 Å². The summed E-state index contributed by atoms with van der Waals surface area (Å²) in [5.41, 5.74) is 4.97. The van der Waals surface area contributed by atoms with E-state index >= 15 is 0 Å². The molecule has 17 heavy (non-hydrogen) atoms. The molecule has 100 valence electrons. The van der Waals surface area contributed by atoms with Crippen LogP contribution in [0.4, 0.5) is 0 Å². The van der Waals surface area contributed by atoms with Gasteiger partial charge in [0.2, 0.25) is 11.8 Å². The fourth-order valence-corrected chi connectivity index (χ4v) is 1.36. The minimum absolute atomic E-state index is 0.0803. The van der Waals surface area contributed by atoms with Crippen LogP contribution in [0.25, 0.3) is 0 Å². The van der Waals surface area contributed by atoms with Crippen LogP contribution >= 0.6 is 0 Å². The van der Waals surface area contributed by atoms with E-state index in [0.717, 1.165) is 6.42 Å². The van der Waals surface area contributed by atoms with Crippen molar-refractivity contribution >= 4 is 11.8 Å². The molecule has 0 fully saturated rings. The normalized spacial score (nSPS) is 15.1. The molecular weight excluding hydrogens is 218 g/mol. The first-order valence-corrected chi connectivity index (χ1v) is 6.02. The molecule has 0 heterocycles. The van der Waals surface area contributed by atoms with Gasteiger partial charge < -0.3 is 16.4 Å². The fourth-order valence-electron chi connectivity index (χ4n) is 1.36. The average Bonchev–Trinajstić information content (AvgIpc) is 2.13. The lowest BCUT2D eigenvalue weighted by atomic mass is 10.1. The SMILES string of the molecule is CCC(C)NC(CC(=O)NC(C)(C)C)C(N)=O.